The summed E-state index contributed by atoms with van der Waals surface area (Å²) in [5.41, 5.74) is 0.275. The summed E-state index contributed by atoms with van der Waals surface area (Å²) in [6.45, 7) is 0. The van der Waals surface area contributed by atoms with Gasteiger partial charge in [0.15, 0.2) is 0 Å². The van der Waals surface area contributed by atoms with Crippen molar-refractivity contribution in [2.24, 2.45) is 0 Å². The second-order valence-electron chi connectivity index (χ2n) is 1.74. The fraction of sp³-hybridized carbons (Fsp3) is 0. The molecule has 0 saturated carbocycles. The van der Waals surface area contributed by atoms with E-state index >= 15 is 0 Å². The molecule has 1 aromatic rings. The van der Waals surface area contributed by atoms with Crippen molar-refractivity contribution in [1.82, 2.24) is 0 Å². The van der Waals surface area contributed by atoms with Crippen LogP contribution in [0.4, 0.5) is 0 Å². The van der Waals surface area contributed by atoms with Crippen LogP contribution in [0.3, 0.4) is 0 Å². The zero-order valence-corrected chi connectivity index (χ0v) is 5.11. The van der Waals surface area contributed by atoms with Crippen LogP contribution in [-0.2, 0) is 4.89 Å². The molecule has 0 radical (unpaired) electrons. The number of benzene rings is 1. The summed E-state index contributed by atoms with van der Waals surface area (Å²) in [6.07, 6.45) is 0. The predicted molar refractivity (Wildman–Crippen MR) is 31.9 cm³/mol. The highest BCUT2D eigenvalue weighted by molar-refractivity contribution is 5.88. The van der Waals surface area contributed by atoms with E-state index in [1.165, 1.54) is 12.1 Å². The van der Waals surface area contributed by atoms with Gasteiger partial charge in [0.05, 0.1) is 5.56 Å². The summed E-state index contributed by atoms with van der Waals surface area (Å²) in [5, 5.41) is 9.58. The first-order valence-electron chi connectivity index (χ1n) is 2.74. The molecule has 0 unspecified atom stereocenters. The second kappa shape index (κ2) is 2.98. The van der Waals surface area contributed by atoms with Crippen molar-refractivity contribution >= 4 is 5.97 Å². The van der Waals surface area contributed by atoms with Gasteiger partial charge in [-0.3, -0.25) is 0 Å². The molecule has 3 nitrogen and oxygen atoms in total. The van der Waals surface area contributed by atoms with E-state index < -0.39 is 5.97 Å². The summed E-state index contributed by atoms with van der Waals surface area (Å²) < 4.78 is 0. The molecule has 3 heteroatoms. The number of carbonyl (C=O) groups excluding carboxylic acids is 1. The Kier molecular flexibility index (Phi) is 2.02. The molecular formula is C7H5O3-. The first-order valence-corrected chi connectivity index (χ1v) is 2.74. The Morgan fingerprint density at radius 3 is 2.40 bits per heavy atom. The Hall–Kier alpha value is -1.35. The van der Waals surface area contributed by atoms with Crippen LogP contribution in [0.2, 0.25) is 0 Å². The minimum atomic E-state index is -0.847. The number of hydrogen-bond acceptors (Lipinski definition) is 3. The third-order valence-corrected chi connectivity index (χ3v) is 1.09. The molecule has 52 valence electrons. The molecule has 0 heterocycles. The largest absolute Gasteiger partial charge is 0.661 e. The molecule has 0 aliphatic rings. The summed E-state index contributed by atoms with van der Waals surface area (Å²) in [6, 6.07) is 8.10. The van der Waals surface area contributed by atoms with Crippen LogP contribution in [0.1, 0.15) is 10.4 Å². The van der Waals surface area contributed by atoms with Crippen LogP contribution >= 0.6 is 0 Å². The zero-order valence-electron chi connectivity index (χ0n) is 5.11. The molecule has 1 rings (SSSR count). The molecule has 0 spiro atoms. The lowest BCUT2D eigenvalue weighted by molar-refractivity contribution is -0.653. The van der Waals surface area contributed by atoms with Gasteiger partial charge in [0.2, 0.25) is 0 Å². The molecule has 0 aliphatic heterocycles. The number of hydrogen-bond donors (Lipinski definition) is 0. The van der Waals surface area contributed by atoms with Crippen molar-refractivity contribution in [3.05, 3.63) is 35.9 Å². The van der Waals surface area contributed by atoms with Gasteiger partial charge in [-0.25, -0.2) is 4.79 Å². The van der Waals surface area contributed by atoms with Crippen molar-refractivity contribution in [2.75, 3.05) is 0 Å². The Morgan fingerprint density at radius 1 is 1.30 bits per heavy atom. The van der Waals surface area contributed by atoms with E-state index in [0.29, 0.717) is 0 Å². The van der Waals surface area contributed by atoms with Gasteiger partial charge in [-0.1, -0.05) is 18.2 Å². The van der Waals surface area contributed by atoms with E-state index in [9.17, 15) is 10.1 Å². The first-order chi connectivity index (χ1) is 4.84. The van der Waals surface area contributed by atoms with E-state index in [-0.39, 0.29) is 5.56 Å². The molecule has 0 amide bonds. The zero-order chi connectivity index (χ0) is 7.40. The fourth-order valence-corrected chi connectivity index (χ4v) is 0.622. The summed E-state index contributed by atoms with van der Waals surface area (Å²) >= 11 is 0. The molecule has 0 aromatic heterocycles. The lowest BCUT2D eigenvalue weighted by Crippen LogP contribution is -2.13. The third kappa shape index (κ3) is 1.33. The van der Waals surface area contributed by atoms with Gasteiger partial charge in [-0.15, -0.1) is 0 Å². The van der Waals surface area contributed by atoms with Gasteiger partial charge >= 0.3 is 5.97 Å². The first kappa shape index (κ1) is 6.77. The average Bonchev–Trinajstić information content (AvgIpc) is 2.05. The maximum Gasteiger partial charge on any atom is 0.332 e. The fourth-order valence-electron chi connectivity index (χ4n) is 0.622. The molecule has 10 heavy (non-hydrogen) atoms. The van der Waals surface area contributed by atoms with Crippen molar-refractivity contribution < 1.29 is 14.9 Å². The minimum Gasteiger partial charge on any atom is -0.661 e. The quantitative estimate of drug-likeness (QED) is 0.408. The minimum absolute atomic E-state index is 0.275. The lowest BCUT2D eigenvalue weighted by Gasteiger charge is -2.04. The summed E-state index contributed by atoms with van der Waals surface area (Å²) in [4.78, 5) is 13.7. The van der Waals surface area contributed by atoms with Crippen LogP contribution in [0.25, 0.3) is 0 Å². The highest BCUT2D eigenvalue weighted by atomic mass is 17.1. The molecule has 1 aromatic carbocycles. The van der Waals surface area contributed by atoms with Crippen LogP contribution in [-0.4, -0.2) is 5.97 Å². The number of rotatable bonds is 1. The SMILES string of the molecule is O=C(O[O-])c1ccccc1. The van der Waals surface area contributed by atoms with Crippen molar-refractivity contribution in [2.45, 2.75) is 0 Å². The monoisotopic (exact) mass is 137 g/mol. The standard InChI is InChI=1S/C7H6O3/c8-7(10-9)6-4-2-1-3-5-6/h1-5,9H/p-1. The average molecular weight is 137 g/mol. The van der Waals surface area contributed by atoms with Gasteiger partial charge in [0.1, 0.15) is 0 Å². The highest BCUT2D eigenvalue weighted by Gasteiger charge is 1.98. The van der Waals surface area contributed by atoms with Gasteiger partial charge in [-0.2, -0.15) is 0 Å². The summed E-state index contributed by atoms with van der Waals surface area (Å²) in [7, 11) is 0. The molecule has 0 aliphatic carbocycles. The highest BCUT2D eigenvalue weighted by Crippen LogP contribution is 1.98. The van der Waals surface area contributed by atoms with E-state index in [0.717, 1.165) is 0 Å². The molecule has 0 N–H and O–H groups in total. The predicted octanol–water partition coefficient (Wildman–Crippen LogP) is 0.119. The van der Waals surface area contributed by atoms with Gasteiger partial charge in [0.25, 0.3) is 0 Å². The molecule has 0 saturated heterocycles. The Bertz CT molecular complexity index is 218. The van der Waals surface area contributed by atoms with Crippen LogP contribution in [0.15, 0.2) is 30.3 Å². The third-order valence-electron chi connectivity index (χ3n) is 1.09. The summed E-state index contributed by atoms with van der Waals surface area (Å²) in [5.74, 6) is -0.847. The number of carbonyl (C=O) groups is 1. The Labute approximate surface area is 57.8 Å². The normalized spacial score (nSPS) is 8.90. The molecule has 0 bridgehead atoms. The maximum atomic E-state index is 10.5. The Balaban J connectivity index is 2.85. The van der Waals surface area contributed by atoms with Crippen LogP contribution in [0.5, 0.6) is 0 Å². The molecule has 0 atom stereocenters. The second-order valence-corrected chi connectivity index (χ2v) is 1.74. The van der Waals surface area contributed by atoms with E-state index in [2.05, 4.69) is 4.89 Å². The van der Waals surface area contributed by atoms with E-state index in [1.54, 1.807) is 18.2 Å². The van der Waals surface area contributed by atoms with E-state index in [1.807, 2.05) is 0 Å². The topological polar surface area (TPSA) is 49.4 Å². The van der Waals surface area contributed by atoms with Crippen LogP contribution < -0.4 is 5.26 Å². The molecule has 0 fully saturated rings. The molecular weight excluding hydrogens is 132 g/mol. The maximum absolute atomic E-state index is 10.5. The van der Waals surface area contributed by atoms with Crippen LogP contribution in [0, 0.1) is 0 Å². The smallest absolute Gasteiger partial charge is 0.332 e. The van der Waals surface area contributed by atoms with Crippen molar-refractivity contribution in [3.8, 4) is 0 Å². The van der Waals surface area contributed by atoms with Crippen molar-refractivity contribution in [3.63, 3.8) is 0 Å². The van der Waals surface area contributed by atoms with Gasteiger partial charge < -0.3 is 10.1 Å². The van der Waals surface area contributed by atoms with E-state index in [4.69, 9.17) is 0 Å². The van der Waals surface area contributed by atoms with Crippen molar-refractivity contribution in [1.29, 1.82) is 0 Å². The van der Waals surface area contributed by atoms with Gasteiger partial charge in [-0.05, 0) is 12.1 Å². The van der Waals surface area contributed by atoms with Gasteiger partial charge in [0, 0.05) is 0 Å². The Morgan fingerprint density at radius 2 is 1.90 bits per heavy atom. The lowest BCUT2D eigenvalue weighted by atomic mass is 10.2.